The molecule has 6 nitrogen and oxygen atoms in total. The third-order valence-electron chi connectivity index (χ3n) is 3.75. The summed E-state index contributed by atoms with van der Waals surface area (Å²) in [6.07, 6.45) is 1.63. The van der Waals surface area contributed by atoms with Crippen molar-refractivity contribution in [3.05, 3.63) is 69.0 Å². The lowest BCUT2D eigenvalue weighted by molar-refractivity contribution is -0.383. The van der Waals surface area contributed by atoms with Crippen LogP contribution in [0, 0.1) is 10.1 Å². The van der Waals surface area contributed by atoms with Gasteiger partial charge in [0.15, 0.2) is 5.43 Å². The molecule has 0 atom stereocenters. The van der Waals surface area contributed by atoms with E-state index in [2.05, 4.69) is 9.97 Å². The Bertz CT molecular complexity index is 1130. The number of nitro benzene ring substituents is 1. The molecule has 4 aromatic rings. The van der Waals surface area contributed by atoms with Gasteiger partial charge in [-0.05, 0) is 18.2 Å². The number of pyridine rings is 2. The number of nitro groups is 1. The minimum Gasteiger partial charge on any atom is -0.347 e. The van der Waals surface area contributed by atoms with E-state index in [1.807, 2.05) is 12.1 Å². The highest BCUT2D eigenvalue weighted by atomic mass is 16.6. The van der Waals surface area contributed by atoms with Crippen molar-refractivity contribution in [2.75, 3.05) is 0 Å². The van der Waals surface area contributed by atoms with Gasteiger partial charge in [-0.3, -0.25) is 19.9 Å². The fourth-order valence-electron chi connectivity index (χ4n) is 2.74. The largest absolute Gasteiger partial charge is 0.347 e. The molecule has 0 fully saturated rings. The summed E-state index contributed by atoms with van der Waals surface area (Å²) < 4.78 is 0. The van der Waals surface area contributed by atoms with Crippen LogP contribution in [0.25, 0.3) is 32.7 Å². The molecular weight excluding hydrogens is 282 g/mol. The number of nitrogens with zero attached hydrogens (tertiary/aromatic N) is 2. The zero-order valence-electron chi connectivity index (χ0n) is 11.2. The number of rotatable bonds is 1. The molecule has 0 aliphatic carbocycles. The number of benzene rings is 2. The second-order valence-corrected chi connectivity index (χ2v) is 4.97. The number of hydrogen-bond donors (Lipinski definition) is 1. The molecule has 4 rings (SSSR count). The summed E-state index contributed by atoms with van der Waals surface area (Å²) >= 11 is 0. The molecule has 0 radical (unpaired) electrons. The first kappa shape index (κ1) is 12.5. The van der Waals surface area contributed by atoms with Gasteiger partial charge in [0.25, 0.3) is 5.69 Å². The summed E-state index contributed by atoms with van der Waals surface area (Å²) in [5.74, 6) is 0. The van der Waals surface area contributed by atoms with Gasteiger partial charge in [-0.25, -0.2) is 0 Å². The third-order valence-corrected chi connectivity index (χ3v) is 3.75. The first-order valence-corrected chi connectivity index (χ1v) is 6.63. The van der Waals surface area contributed by atoms with Gasteiger partial charge >= 0.3 is 0 Å². The third kappa shape index (κ3) is 1.61. The highest BCUT2D eigenvalue weighted by Gasteiger charge is 2.16. The minimum atomic E-state index is -0.497. The number of aromatic amines is 1. The van der Waals surface area contributed by atoms with E-state index in [0.717, 1.165) is 5.39 Å². The van der Waals surface area contributed by atoms with Gasteiger partial charge in [-0.1, -0.05) is 18.2 Å². The molecule has 0 unspecified atom stereocenters. The van der Waals surface area contributed by atoms with Crippen LogP contribution in [-0.2, 0) is 0 Å². The van der Waals surface area contributed by atoms with Gasteiger partial charge in [0.2, 0.25) is 0 Å². The molecule has 0 saturated carbocycles. The van der Waals surface area contributed by atoms with Gasteiger partial charge in [0, 0.05) is 23.0 Å². The van der Waals surface area contributed by atoms with Crippen LogP contribution >= 0.6 is 0 Å². The number of non-ortho nitro benzene ring substituents is 1. The molecule has 0 saturated heterocycles. The van der Waals surface area contributed by atoms with Crippen LogP contribution in [0.5, 0.6) is 0 Å². The maximum Gasteiger partial charge on any atom is 0.293 e. The number of fused-ring (bicyclic) bond motifs is 4. The molecule has 2 heterocycles. The summed E-state index contributed by atoms with van der Waals surface area (Å²) in [7, 11) is 0. The van der Waals surface area contributed by atoms with Crippen molar-refractivity contribution in [2.45, 2.75) is 0 Å². The van der Waals surface area contributed by atoms with Crippen LogP contribution in [0.4, 0.5) is 5.69 Å². The molecule has 0 bridgehead atoms. The Hall–Kier alpha value is -3.28. The van der Waals surface area contributed by atoms with Crippen LogP contribution in [0.15, 0.2) is 53.5 Å². The van der Waals surface area contributed by atoms with Gasteiger partial charge in [-0.2, -0.15) is 0 Å². The Balaban J connectivity index is 2.32. The highest BCUT2D eigenvalue weighted by Crippen LogP contribution is 2.26. The molecule has 0 amide bonds. The second-order valence-electron chi connectivity index (χ2n) is 4.97. The van der Waals surface area contributed by atoms with Crippen molar-refractivity contribution in [3.8, 4) is 0 Å². The first-order chi connectivity index (χ1) is 10.7. The quantitative estimate of drug-likeness (QED) is 0.252. The Morgan fingerprint density at radius 3 is 2.64 bits per heavy atom. The van der Waals surface area contributed by atoms with Gasteiger partial charge in [0.1, 0.15) is 5.52 Å². The lowest BCUT2D eigenvalue weighted by atomic mass is 10.1. The molecule has 22 heavy (non-hydrogen) atoms. The number of para-hydroxylation sites is 1. The normalized spacial score (nSPS) is 11.3. The van der Waals surface area contributed by atoms with Crippen molar-refractivity contribution >= 4 is 38.4 Å². The number of H-pyrrole nitrogens is 1. The average molecular weight is 291 g/mol. The Labute approximate surface area is 123 Å². The summed E-state index contributed by atoms with van der Waals surface area (Å²) in [5, 5.41) is 12.8. The summed E-state index contributed by atoms with van der Waals surface area (Å²) in [5.41, 5.74) is 1.01. The summed E-state index contributed by atoms with van der Waals surface area (Å²) in [4.78, 5) is 30.7. The number of nitrogens with one attached hydrogen (secondary N) is 1. The van der Waals surface area contributed by atoms with E-state index in [4.69, 9.17) is 0 Å². The Morgan fingerprint density at radius 1 is 1.00 bits per heavy atom. The van der Waals surface area contributed by atoms with Crippen LogP contribution in [0.1, 0.15) is 0 Å². The molecule has 106 valence electrons. The Kier molecular flexibility index (Phi) is 2.47. The molecule has 0 aliphatic heterocycles. The molecule has 0 spiro atoms. The standard InChI is InChI=1S/C16H9N3O3/c20-16-10-4-1-5-12(19(21)22)14(10)18-15-11(16)7-6-9-3-2-8-17-13(9)15/h1-8H,(H,18,20). The predicted octanol–water partition coefficient (Wildman–Crippen LogP) is 3.14. The van der Waals surface area contributed by atoms with E-state index in [1.165, 1.54) is 12.1 Å². The second kappa shape index (κ2) is 4.36. The van der Waals surface area contributed by atoms with Crippen LogP contribution < -0.4 is 5.43 Å². The lowest BCUT2D eigenvalue weighted by Gasteiger charge is -2.06. The van der Waals surface area contributed by atoms with Crippen molar-refractivity contribution in [1.82, 2.24) is 9.97 Å². The van der Waals surface area contributed by atoms with Crippen molar-refractivity contribution in [2.24, 2.45) is 0 Å². The zero-order valence-corrected chi connectivity index (χ0v) is 11.2. The van der Waals surface area contributed by atoms with Crippen molar-refractivity contribution < 1.29 is 4.92 Å². The minimum absolute atomic E-state index is 0.121. The summed E-state index contributed by atoms with van der Waals surface area (Å²) in [6, 6.07) is 11.7. The first-order valence-electron chi connectivity index (χ1n) is 6.63. The monoisotopic (exact) mass is 291 g/mol. The number of aromatic nitrogens is 2. The maximum atomic E-state index is 12.6. The molecular formula is C16H9N3O3. The van der Waals surface area contributed by atoms with Crippen LogP contribution in [0.3, 0.4) is 0 Å². The highest BCUT2D eigenvalue weighted by molar-refractivity contribution is 6.07. The van der Waals surface area contributed by atoms with E-state index in [1.54, 1.807) is 24.4 Å². The smallest absolute Gasteiger partial charge is 0.293 e. The fourth-order valence-corrected chi connectivity index (χ4v) is 2.74. The van der Waals surface area contributed by atoms with Gasteiger partial charge in [-0.15, -0.1) is 0 Å². The molecule has 1 N–H and O–H groups in total. The maximum absolute atomic E-state index is 12.6. The molecule has 0 aliphatic rings. The van der Waals surface area contributed by atoms with E-state index >= 15 is 0 Å². The van der Waals surface area contributed by atoms with Crippen molar-refractivity contribution in [1.29, 1.82) is 0 Å². The van der Waals surface area contributed by atoms with Crippen LogP contribution in [-0.4, -0.2) is 14.9 Å². The molecule has 2 aromatic heterocycles. The fraction of sp³-hybridized carbons (Fsp3) is 0. The van der Waals surface area contributed by atoms with E-state index in [0.29, 0.717) is 21.8 Å². The van der Waals surface area contributed by atoms with Crippen molar-refractivity contribution in [3.63, 3.8) is 0 Å². The number of hydrogen-bond acceptors (Lipinski definition) is 4. The molecule has 2 aromatic carbocycles. The SMILES string of the molecule is O=c1c2cccc([N+](=O)[O-])c2[nH]c2c1ccc1cccnc12. The predicted molar refractivity (Wildman–Crippen MR) is 84.0 cm³/mol. The van der Waals surface area contributed by atoms with E-state index < -0.39 is 4.92 Å². The topological polar surface area (TPSA) is 88.9 Å². The Morgan fingerprint density at radius 2 is 1.82 bits per heavy atom. The lowest BCUT2D eigenvalue weighted by Crippen LogP contribution is -2.06. The van der Waals surface area contributed by atoms with Gasteiger partial charge < -0.3 is 4.98 Å². The molecule has 6 heteroatoms. The van der Waals surface area contributed by atoms with E-state index in [-0.39, 0.29) is 16.6 Å². The van der Waals surface area contributed by atoms with Crippen LogP contribution in [0.2, 0.25) is 0 Å². The average Bonchev–Trinajstić information content (AvgIpc) is 2.54. The summed E-state index contributed by atoms with van der Waals surface area (Å²) in [6.45, 7) is 0. The van der Waals surface area contributed by atoms with E-state index in [9.17, 15) is 14.9 Å². The zero-order chi connectivity index (χ0) is 15.3. The van der Waals surface area contributed by atoms with Gasteiger partial charge in [0.05, 0.1) is 21.3 Å².